The van der Waals surface area contributed by atoms with Gasteiger partial charge in [0.1, 0.15) is 11.8 Å². The van der Waals surface area contributed by atoms with Crippen molar-refractivity contribution in [1.29, 1.82) is 0 Å². The quantitative estimate of drug-likeness (QED) is 0.870. The van der Waals surface area contributed by atoms with E-state index in [0.717, 1.165) is 42.9 Å². The fourth-order valence-electron chi connectivity index (χ4n) is 2.86. The molecule has 1 fully saturated rings. The molecule has 5 heteroatoms. The highest BCUT2D eigenvalue weighted by molar-refractivity contribution is 5.77. The van der Waals surface area contributed by atoms with Crippen molar-refractivity contribution in [3.63, 3.8) is 0 Å². The Morgan fingerprint density at radius 1 is 1.35 bits per heavy atom. The summed E-state index contributed by atoms with van der Waals surface area (Å²) < 4.78 is 5.42. The van der Waals surface area contributed by atoms with Crippen LogP contribution in [-0.4, -0.2) is 49.3 Å². The van der Waals surface area contributed by atoms with E-state index in [-0.39, 0.29) is 0 Å². The van der Waals surface area contributed by atoms with Crippen molar-refractivity contribution in [3.05, 3.63) is 28.8 Å². The van der Waals surface area contributed by atoms with Gasteiger partial charge in [0.15, 0.2) is 0 Å². The van der Waals surface area contributed by atoms with Gasteiger partial charge in [-0.1, -0.05) is 6.07 Å². The zero-order valence-corrected chi connectivity index (χ0v) is 12.3. The molecule has 0 aliphatic carbocycles. The number of hydrogen-bond acceptors (Lipinski definition) is 4. The van der Waals surface area contributed by atoms with Crippen LogP contribution >= 0.6 is 0 Å². The lowest BCUT2D eigenvalue weighted by atomic mass is 9.96. The number of methoxy groups -OCH3 is 1. The predicted octanol–water partition coefficient (Wildman–Crippen LogP) is 1.34. The van der Waals surface area contributed by atoms with E-state index in [1.807, 2.05) is 30.9 Å². The number of nitrogens with one attached hydrogen (secondary N) is 1. The molecule has 0 spiro atoms. The second kappa shape index (κ2) is 6.24. The van der Waals surface area contributed by atoms with Crippen molar-refractivity contribution in [2.45, 2.75) is 19.9 Å². The lowest BCUT2D eigenvalue weighted by molar-refractivity contribution is -0.144. The van der Waals surface area contributed by atoms with Crippen molar-refractivity contribution in [2.24, 2.45) is 0 Å². The Morgan fingerprint density at radius 2 is 2.00 bits per heavy atom. The van der Waals surface area contributed by atoms with Gasteiger partial charge in [0.2, 0.25) is 0 Å². The van der Waals surface area contributed by atoms with Crippen molar-refractivity contribution in [3.8, 4) is 5.75 Å². The SMILES string of the molecule is COc1cc(C)cc(C)c1C(C(=O)O)N1CCNCC1. The van der Waals surface area contributed by atoms with E-state index in [0.29, 0.717) is 5.75 Å². The lowest BCUT2D eigenvalue weighted by Gasteiger charge is -2.34. The summed E-state index contributed by atoms with van der Waals surface area (Å²) in [6.45, 7) is 7.03. The van der Waals surface area contributed by atoms with Gasteiger partial charge in [-0.2, -0.15) is 0 Å². The maximum absolute atomic E-state index is 11.8. The first kappa shape index (κ1) is 14.8. The maximum Gasteiger partial charge on any atom is 0.325 e. The minimum absolute atomic E-state index is 0.646. The molecule has 0 aromatic heterocycles. The molecule has 1 aliphatic heterocycles. The van der Waals surface area contributed by atoms with E-state index in [4.69, 9.17) is 4.74 Å². The van der Waals surface area contributed by atoms with Crippen LogP contribution in [0.25, 0.3) is 0 Å². The van der Waals surface area contributed by atoms with Gasteiger partial charge in [0, 0.05) is 31.7 Å². The number of carboxylic acids is 1. The van der Waals surface area contributed by atoms with Crippen molar-refractivity contribution < 1.29 is 14.6 Å². The van der Waals surface area contributed by atoms with Crippen LogP contribution in [0.2, 0.25) is 0 Å². The fourth-order valence-corrected chi connectivity index (χ4v) is 2.86. The van der Waals surface area contributed by atoms with Crippen LogP contribution in [0.1, 0.15) is 22.7 Å². The van der Waals surface area contributed by atoms with E-state index >= 15 is 0 Å². The summed E-state index contributed by atoms with van der Waals surface area (Å²) in [6, 6.07) is 3.27. The largest absolute Gasteiger partial charge is 0.496 e. The number of ether oxygens (including phenoxy) is 1. The number of hydrogen-bond donors (Lipinski definition) is 2. The summed E-state index contributed by atoms with van der Waals surface area (Å²) in [7, 11) is 1.59. The predicted molar refractivity (Wildman–Crippen MR) is 77.3 cm³/mol. The molecule has 1 heterocycles. The fraction of sp³-hybridized carbons (Fsp3) is 0.533. The van der Waals surface area contributed by atoms with Crippen LogP contribution < -0.4 is 10.1 Å². The van der Waals surface area contributed by atoms with Gasteiger partial charge in [-0.25, -0.2) is 0 Å². The lowest BCUT2D eigenvalue weighted by Crippen LogP contribution is -2.47. The van der Waals surface area contributed by atoms with Gasteiger partial charge in [0.25, 0.3) is 0 Å². The molecule has 110 valence electrons. The molecule has 1 saturated heterocycles. The van der Waals surface area contributed by atoms with Gasteiger partial charge in [-0.3, -0.25) is 9.69 Å². The summed E-state index contributed by atoms with van der Waals surface area (Å²) in [5.74, 6) is -0.161. The van der Waals surface area contributed by atoms with Gasteiger partial charge in [-0.05, 0) is 31.0 Å². The number of carboxylic acid groups (broad SMARTS) is 1. The standard InChI is InChI=1S/C15H22N2O3/c1-10-8-11(2)13(12(9-10)20-3)14(15(18)19)17-6-4-16-5-7-17/h8-9,14,16H,4-7H2,1-3H3,(H,18,19). The van der Waals surface area contributed by atoms with Gasteiger partial charge < -0.3 is 15.2 Å². The highest BCUT2D eigenvalue weighted by Crippen LogP contribution is 2.33. The third-order valence-corrected chi connectivity index (χ3v) is 3.74. The highest BCUT2D eigenvalue weighted by atomic mass is 16.5. The first-order chi connectivity index (χ1) is 9.54. The molecule has 1 atom stereocenters. The monoisotopic (exact) mass is 278 g/mol. The molecule has 5 nitrogen and oxygen atoms in total. The number of rotatable bonds is 4. The molecule has 1 aromatic carbocycles. The van der Waals surface area contributed by atoms with Crippen LogP contribution in [0.4, 0.5) is 0 Å². The zero-order chi connectivity index (χ0) is 14.7. The molecule has 0 amide bonds. The zero-order valence-electron chi connectivity index (χ0n) is 12.3. The van der Waals surface area contributed by atoms with Crippen molar-refractivity contribution in [2.75, 3.05) is 33.3 Å². The molecular weight excluding hydrogens is 256 g/mol. The minimum atomic E-state index is -0.822. The topological polar surface area (TPSA) is 61.8 Å². The number of carbonyl (C=O) groups is 1. The van der Waals surface area contributed by atoms with Crippen molar-refractivity contribution >= 4 is 5.97 Å². The number of benzene rings is 1. The first-order valence-corrected chi connectivity index (χ1v) is 6.87. The number of nitrogens with zero attached hydrogens (tertiary/aromatic N) is 1. The Labute approximate surface area is 119 Å². The average molecular weight is 278 g/mol. The summed E-state index contributed by atoms with van der Waals surface area (Å²) in [5.41, 5.74) is 2.81. The Hall–Kier alpha value is -1.59. The molecule has 2 N–H and O–H groups in total. The van der Waals surface area contributed by atoms with Crippen LogP contribution in [0.3, 0.4) is 0 Å². The Bertz CT molecular complexity index is 496. The molecule has 0 radical (unpaired) electrons. The summed E-state index contributed by atoms with van der Waals surface area (Å²) >= 11 is 0. The van der Waals surface area contributed by atoms with Crippen LogP contribution in [0, 0.1) is 13.8 Å². The smallest absolute Gasteiger partial charge is 0.325 e. The molecule has 20 heavy (non-hydrogen) atoms. The third kappa shape index (κ3) is 2.94. The molecule has 2 rings (SSSR count). The number of aliphatic carboxylic acids is 1. The third-order valence-electron chi connectivity index (χ3n) is 3.74. The summed E-state index contributed by atoms with van der Waals surface area (Å²) in [5, 5.41) is 12.9. The molecule has 1 aliphatic rings. The second-order valence-corrected chi connectivity index (χ2v) is 5.22. The summed E-state index contributed by atoms with van der Waals surface area (Å²) in [6.07, 6.45) is 0. The van der Waals surface area contributed by atoms with E-state index in [2.05, 4.69) is 5.32 Å². The van der Waals surface area contributed by atoms with E-state index < -0.39 is 12.0 Å². The maximum atomic E-state index is 11.8. The molecule has 0 saturated carbocycles. The van der Waals surface area contributed by atoms with Crippen LogP contribution in [0.15, 0.2) is 12.1 Å². The van der Waals surface area contributed by atoms with Gasteiger partial charge >= 0.3 is 5.97 Å². The number of piperazine rings is 1. The average Bonchev–Trinajstić information content (AvgIpc) is 2.42. The molecule has 1 unspecified atom stereocenters. The highest BCUT2D eigenvalue weighted by Gasteiger charge is 2.32. The molecule has 1 aromatic rings. The van der Waals surface area contributed by atoms with Gasteiger partial charge in [0.05, 0.1) is 7.11 Å². The normalized spacial score (nSPS) is 17.8. The minimum Gasteiger partial charge on any atom is -0.496 e. The van der Waals surface area contributed by atoms with Crippen LogP contribution in [0.5, 0.6) is 5.75 Å². The first-order valence-electron chi connectivity index (χ1n) is 6.87. The second-order valence-electron chi connectivity index (χ2n) is 5.22. The Kier molecular flexibility index (Phi) is 4.62. The Morgan fingerprint density at radius 3 is 2.55 bits per heavy atom. The molecule has 0 bridgehead atoms. The van der Waals surface area contributed by atoms with Gasteiger partial charge in [-0.15, -0.1) is 0 Å². The number of aryl methyl sites for hydroxylation is 2. The van der Waals surface area contributed by atoms with E-state index in [9.17, 15) is 9.90 Å². The van der Waals surface area contributed by atoms with Crippen LogP contribution in [-0.2, 0) is 4.79 Å². The molecular formula is C15H22N2O3. The Balaban J connectivity index is 2.46. The van der Waals surface area contributed by atoms with E-state index in [1.165, 1.54) is 0 Å². The van der Waals surface area contributed by atoms with Crippen molar-refractivity contribution in [1.82, 2.24) is 10.2 Å². The summed E-state index contributed by atoms with van der Waals surface area (Å²) in [4.78, 5) is 13.8. The van der Waals surface area contributed by atoms with E-state index in [1.54, 1.807) is 7.11 Å².